The zero-order chi connectivity index (χ0) is 22.8. The number of hydrogen-bond acceptors (Lipinski definition) is 4. The van der Waals surface area contributed by atoms with Crippen molar-refractivity contribution in [2.75, 3.05) is 26.2 Å². The summed E-state index contributed by atoms with van der Waals surface area (Å²) in [6.07, 6.45) is 0.817. The number of nitrogens with zero attached hydrogens (tertiary/aromatic N) is 4. The van der Waals surface area contributed by atoms with Crippen LogP contribution >= 0.6 is 0 Å². The molecular formula is C22H31FN4O3S. The van der Waals surface area contributed by atoms with Gasteiger partial charge in [-0.2, -0.15) is 9.40 Å². The predicted octanol–water partition coefficient (Wildman–Crippen LogP) is 2.76. The molecule has 31 heavy (non-hydrogen) atoms. The van der Waals surface area contributed by atoms with Gasteiger partial charge >= 0.3 is 0 Å². The second-order valence-electron chi connectivity index (χ2n) is 8.49. The molecule has 2 aromatic rings. The van der Waals surface area contributed by atoms with E-state index in [1.165, 1.54) is 16.4 Å². The summed E-state index contributed by atoms with van der Waals surface area (Å²) in [5.74, 6) is -0.0357. The lowest BCUT2D eigenvalue weighted by atomic mass is 10.1. The first-order valence-electron chi connectivity index (χ1n) is 10.7. The van der Waals surface area contributed by atoms with Gasteiger partial charge in [0.25, 0.3) is 0 Å². The smallest absolute Gasteiger partial charge is 0.243 e. The van der Waals surface area contributed by atoms with Gasteiger partial charge in [0.15, 0.2) is 0 Å². The highest BCUT2D eigenvalue weighted by Crippen LogP contribution is 2.20. The van der Waals surface area contributed by atoms with Crippen LogP contribution in [-0.2, 0) is 27.8 Å². The highest BCUT2D eigenvalue weighted by molar-refractivity contribution is 7.89. The van der Waals surface area contributed by atoms with Crippen molar-refractivity contribution in [2.45, 2.75) is 52.0 Å². The van der Waals surface area contributed by atoms with Gasteiger partial charge in [-0.25, -0.2) is 12.8 Å². The van der Waals surface area contributed by atoms with Crippen molar-refractivity contribution in [3.8, 4) is 0 Å². The molecule has 1 amide bonds. The molecule has 0 bridgehead atoms. The summed E-state index contributed by atoms with van der Waals surface area (Å²) >= 11 is 0. The number of hydrogen-bond donors (Lipinski definition) is 0. The van der Waals surface area contributed by atoms with Crippen molar-refractivity contribution in [1.82, 2.24) is 19.0 Å². The highest BCUT2D eigenvalue weighted by atomic mass is 32.2. The molecule has 0 aliphatic carbocycles. The van der Waals surface area contributed by atoms with Crippen LogP contribution in [0.2, 0.25) is 0 Å². The number of aryl methyl sites for hydroxylation is 1. The van der Waals surface area contributed by atoms with E-state index in [-0.39, 0.29) is 23.8 Å². The number of halogens is 1. The largest absolute Gasteiger partial charge is 0.341 e. The van der Waals surface area contributed by atoms with Crippen molar-refractivity contribution in [3.05, 3.63) is 47.0 Å². The van der Waals surface area contributed by atoms with Gasteiger partial charge in [0.05, 0.1) is 17.0 Å². The molecule has 1 saturated heterocycles. The van der Waals surface area contributed by atoms with Crippen LogP contribution in [0.5, 0.6) is 0 Å². The van der Waals surface area contributed by atoms with Crippen LogP contribution in [0, 0.1) is 25.6 Å². The van der Waals surface area contributed by atoms with Crippen molar-refractivity contribution in [2.24, 2.45) is 5.92 Å². The molecular weight excluding hydrogens is 419 g/mol. The van der Waals surface area contributed by atoms with Gasteiger partial charge in [-0.15, -0.1) is 0 Å². The molecule has 1 aliphatic rings. The second-order valence-corrected chi connectivity index (χ2v) is 10.4. The number of carbonyl (C=O) groups excluding carboxylic acids is 1. The molecule has 1 aromatic heterocycles. The summed E-state index contributed by atoms with van der Waals surface area (Å²) in [6, 6.07) is 4.84. The summed E-state index contributed by atoms with van der Waals surface area (Å²) in [5, 5.41) is 4.58. The van der Waals surface area contributed by atoms with Crippen molar-refractivity contribution in [1.29, 1.82) is 0 Å². The fourth-order valence-electron chi connectivity index (χ4n) is 3.92. The van der Waals surface area contributed by atoms with E-state index < -0.39 is 15.8 Å². The molecule has 7 nitrogen and oxygen atoms in total. The molecule has 0 radical (unpaired) electrons. The van der Waals surface area contributed by atoms with E-state index in [0.717, 1.165) is 35.6 Å². The third-order valence-corrected chi connectivity index (χ3v) is 7.57. The maximum absolute atomic E-state index is 13.2. The first kappa shape index (κ1) is 23.4. The van der Waals surface area contributed by atoms with Crippen molar-refractivity contribution in [3.63, 3.8) is 0 Å². The summed E-state index contributed by atoms with van der Waals surface area (Å²) in [6.45, 7) is 10.4. The Bertz CT molecular complexity index is 1030. The average Bonchev–Trinajstić information content (AvgIpc) is 2.90. The van der Waals surface area contributed by atoms with Crippen LogP contribution in [0.4, 0.5) is 4.39 Å². The Kier molecular flexibility index (Phi) is 7.16. The zero-order valence-electron chi connectivity index (χ0n) is 18.6. The topological polar surface area (TPSA) is 75.5 Å². The normalized spacial score (nSPS) is 16.0. The molecule has 3 rings (SSSR count). The van der Waals surface area contributed by atoms with Gasteiger partial charge < -0.3 is 4.90 Å². The van der Waals surface area contributed by atoms with Gasteiger partial charge in [-0.3, -0.25) is 9.48 Å². The number of amides is 1. The van der Waals surface area contributed by atoms with E-state index in [0.29, 0.717) is 32.0 Å². The minimum Gasteiger partial charge on any atom is -0.341 e. The lowest BCUT2D eigenvalue weighted by Crippen LogP contribution is -2.38. The van der Waals surface area contributed by atoms with Crippen LogP contribution in [0.1, 0.15) is 37.2 Å². The molecule has 9 heteroatoms. The Labute approximate surface area is 183 Å². The maximum Gasteiger partial charge on any atom is 0.243 e. The fourth-order valence-corrected chi connectivity index (χ4v) is 5.39. The van der Waals surface area contributed by atoms with Gasteiger partial charge in [0.2, 0.25) is 15.9 Å². The van der Waals surface area contributed by atoms with Gasteiger partial charge in [0, 0.05) is 44.0 Å². The Hall–Kier alpha value is -2.26. The standard InChI is InChI=1S/C22H31FN4O3S/c1-16(2)15-27-18(4)21(17(3)24-27)14-22(28)25-10-5-11-26(13-12-25)31(29,30)20-8-6-19(23)7-9-20/h6-9,16H,5,10-15H2,1-4H3. The highest BCUT2D eigenvalue weighted by Gasteiger charge is 2.29. The van der Waals surface area contributed by atoms with E-state index in [9.17, 15) is 17.6 Å². The lowest BCUT2D eigenvalue weighted by Gasteiger charge is -2.22. The molecule has 0 unspecified atom stereocenters. The summed E-state index contributed by atoms with van der Waals surface area (Å²) in [5.41, 5.74) is 2.82. The third-order valence-electron chi connectivity index (χ3n) is 5.66. The molecule has 2 heterocycles. The van der Waals surface area contributed by atoms with E-state index >= 15 is 0 Å². The molecule has 170 valence electrons. The number of carbonyl (C=O) groups is 1. The first-order valence-corrected chi connectivity index (χ1v) is 12.1. The van der Waals surface area contributed by atoms with Crippen LogP contribution in [0.25, 0.3) is 0 Å². The van der Waals surface area contributed by atoms with Gasteiger partial charge in [-0.05, 0) is 50.5 Å². The zero-order valence-corrected chi connectivity index (χ0v) is 19.5. The molecule has 1 fully saturated rings. The lowest BCUT2D eigenvalue weighted by molar-refractivity contribution is -0.130. The van der Waals surface area contributed by atoms with E-state index in [1.807, 2.05) is 18.5 Å². The molecule has 0 spiro atoms. The van der Waals surface area contributed by atoms with Crippen LogP contribution in [0.15, 0.2) is 29.2 Å². The molecule has 0 N–H and O–H groups in total. The molecule has 0 saturated carbocycles. The quantitative estimate of drug-likeness (QED) is 0.678. The summed E-state index contributed by atoms with van der Waals surface area (Å²) in [7, 11) is -3.72. The number of rotatable bonds is 6. The van der Waals surface area contributed by atoms with E-state index in [1.54, 1.807) is 4.90 Å². The minimum atomic E-state index is -3.72. The van der Waals surface area contributed by atoms with Crippen LogP contribution in [-0.4, -0.2) is 59.5 Å². The first-order chi connectivity index (χ1) is 14.6. The number of benzene rings is 1. The monoisotopic (exact) mass is 450 g/mol. The van der Waals surface area contributed by atoms with Crippen LogP contribution < -0.4 is 0 Å². The fraction of sp³-hybridized carbons (Fsp3) is 0.545. The Balaban J connectivity index is 1.68. The summed E-state index contributed by atoms with van der Waals surface area (Å²) < 4.78 is 42.3. The molecule has 0 atom stereocenters. The Morgan fingerprint density at radius 1 is 1.10 bits per heavy atom. The Morgan fingerprint density at radius 2 is 1.77 bits per heavy atom. The van der Waals surface area contributed by atoms with Gasteiger partial charge in [0.1, 0.15) is 5.82 Å². The van der Waals surface area contributed by atoms with E-state index in [4.69, 9.17) is 0 Å². The average molecular weight is 451 g/mol. The van der Waals surface area contributed by atoms with Crippen LogP contribution in [0.3, 0.4) is 0 Å². The van der Waals surface area contributed by atoms with Gasteiger partial charge in [-0.1, -0.05) is 13.8 Å². The second kappa shape index (κ2) is 9.48. The maximum atomic E-state index is 13.2. The summed E-state index contributed by atoms with van der Waals surface area (Å²) in [4.78, 5) is 14.8. The minimum absolute atomic E-state index is 0.0173. The molecule has 1 aromatic carbocycles. The van der Waals surface area contributed by atoms with Crippen molar-refractivity contribution >= 4 is 15.9 Å². The predicted molar refractivity (Wildman–Crippen MR) is 117 cm³/mol. The SMILES string of the molecule is Cc1nn(CC(C)C)c(C)c1CC(=O)N1CCCN(S(=O)(=O)c2ccc(F)cc2)CC1. The number of sulfonamides is 1. The van der Waals surface area contributed by atoms with Crippen molar-refractivity contribution < 1.29 is 17.6 Å². The number of aromatic nitrogens is 2. The third kappa shape index (κ3) is 5.33. The molecule has 1 aliphatic heterocycles. The van der Waals surface area contributed by atoms with E-state index in [2.05, 4.69) is 18.9 Å². The Morgan fingerprint density at radius 3 is 2.42 bits per heavy atom.